The van der Waals surface area contributed by atoms with Gasteiger partial charge in [-0.2, -0.15) is 0 Å². The van der Waals surface area contributed by atoms with Crippen LogP contribution < -0.4 is 18.9 Å². The Morgan fingerprint density at radius 1 is 0.490 bits per heavy atom. The van der Waals surface area contributed by atoms with Crippen molar-refractivity contribution in [1.82, 2.24) is 0 Å². The van der Waals surface area contributed by atoms with Crippen molar-refractivity contribution in [2.75, 3.05) is 0 Å². The fourth-order valence-corrected chi connectivity index (χ4v) is 3.97. The van der Waals surface area contributed by atoms with E-state index < -0.39 is 17.9 Å². The Hall–Kier alpha value is -6.72. The highest BCUT2D eigenvalue weighted by Gasteiger charge is 2.16. The highest BCUT2D eigenvalue weighted by molar-refractivity contribution is 5.91. The molecule has 0 saturated carbocycles. The van der Waals surface area contributed by atoms with Crippen LogP contribution in [0.25, 0.3) is 22.3 Å². The zero-order valence-corrected chi connectivity index (χ0v) is 29.3. The molecule has 0 radical (unpaired) electrons. The Balaban J connectivity index is 0.00000166. The molecule has 0 N–H and O–H groups in total. The molecule has 0 aliphatic heterocycles. The van der Waals surface area contributed by atoms with E-state index in [-0.39, 0.29) is 46.2 Å². The first-order chi connectivity index (χ1) is 24.2. The van der Waals surface area contributed by atoms with Crippen molar-refractivity contribution in [3.63, 3.8) is 0 Å². The van der Waals surface area contributed by atoms with E-state index in [2.05, 4.69) is 38.2 Å². The van der Waals surface area contributed by atoms with Crippen molar-refractivity contribution in [1.29, 1.82) is 0 Å². The summed E-state index contributed by atoms with van der Waals surface area (Å²) >= 11 is 0. The van der Waals surface area contributed by atoms with E-state index in [9.17, 15) is 19.2 Å². The standard InChI is InChI=1S/C39H30O8.C4H8/c1-24(2)37(41)45-33-20-18-32(22-35(33)44-23-40)31-16-14-30(15-17-31)29-12-9-27(10-13-29)7-8-28-11-19-34(46-38(42)25(3)4)36(21-28)47-39(43)26(5)6;1-4(2)3/h9-23H,1,3,5H2,2,4,6H3;1H2,2-3H3. The van der Waals surface area contributed by atoms with E-state index in [4.69, 9.17) is 18.9 Å². The second kappa shape index (κ2) is 18.2. The molecule has 8 heteroatoms. The van der Waals surface area contributed by atoms with Gasteiger partial charge >= 0.3 is 17.9 Å². The van der Waals surface area contributed by atoms with Crippen LogP contribution in [0.15, 0.2) is 134 Å². The number of benzene rings is 4. The second-order valence-corrected chi connectivity index (χ2v) is 11.7. The summed E-state index contributed by atoms with van der Waals surface area (Å²) in [5, 5.41) is 0. The minimum absolute atomic E-state index is 0.0350. The molecule has 0 aliphatic rings. The molecule has 0 atom stereocenters. The normalized spacial score (nSPS) is 9.75. The lowest BCUT2D eigenvalue weighted by molar-refractivity contribution is -0.132. The quantitative estimate of drug-likeness (QED) is 0.0408. The molecule has 8 nitrogen and oxygen atoms in total. The Kier molecular flexibility index (Phi) is 13.8. The van der Waals surface area contributed by atoms with Crippen molar-refractivity contribution in [3.8, 4) is 57.1 Å². The summed E-state index contributed by atoms with van der Waals surface area (Å²) in [6.45, 7) is 23.0. The van der Waals surface area contributed by atoms with Gasteiger partial charge < -0.3 is 18.9 Å². The van der Waals surface area contributed by atoms with Crippen molar-refractivity contribution in [2.24, 2.45) is 0 Å². The molecule has 0 heterocycles. The SMILES string of the molecule is C=C(C)C.C=C(C)C(=O)Oc1ccc(-c2ccc(-c3ccc(C#Cc4ccc(OC(=O)C(=C)C)c(OC(=O)C(=C)C)c4)cc3)cc2)cc1OC=O. The molecule has 4 aromatic carbocycles. The lowest BCUT2D eigenvalue weighted by Gasteiger charge is -2.11. The van der Waals surface area contributed by atoms with Crippen LogP contribution in [0.5, 0.6) is 23.0 Å². The smallest absolute Gasteiger partial charge is 0.338 e. The number of hydrogen-bond donors (Lipinski definition) is 0. The number of carbonyl (C=O) groups excluding carboxylic acids is 4. The van der Waals surface area contributed by atoms with E-state index >= 15 is 0 Å². The predicted molar refractivity (Wildman–Crippen MR) is 198 cm³/mol. The van der Waals surface area contributed by atoms with E-state index in [0.29, 0.717) is 5.56 Å². The lowest BCUT2D eigenvalue weighted by atomic mass is 9.99. The number of carbonyl (C=O) groups is 4. The topological polar surface area (TPSA) is 105 Å². The molecule has 0 saturated heterocycles. The molecule has 51 heavy (non-hydrogen) atoms. The maximum Gasteiger partial charge on any atom is 0.338 e. The van der Waals surface area contributed by atoms with Gasteiger partial charge in [-0.15, -0.1) is 6.58 Å². The average molecular weight is 683 g/mol. The molecule has 0 amide bonds. The highest BCUT2D eigenvalue weighted by Crippen LogP contribution is 2.34. The van der Waals surface area contributed by atoms with Crippen LogP contribution in [0.1, 0.15) is 45.7 Å². The molecule has 0 bridgehead atoms. The van der Waals surface area contributed by atoms with Gasteiger partial charge in [-0.1, -0.05) is 79.6 Å². The minimum atomic E-state index is -0.664. The van der Waals surface area contributed by atoms with E-state index in [1.54, 1.807) is 24.3 Å². The second-order valence-electron chi connectivity index (χ2n) is 11.7. The van der Waals surface area contributed by atoms with Crippen molar-refractivity contribution in [3.05, 3.63) is 145 Å². The molecular weight excluding hydrogens is 644 g/mol. The van der Waals surface area contributed by atoms with Crippen LogP contribution >= 0.6 is 0 Å². The fourth-order valence-electron chi connectivity index (χ4n) is 3.97. The van der Waals surface area contributed by atoms with Gasteiger partial charge in [0.2, 0.25) is 0 Å². The van der Waals surface area contributed by atoms with Gasteiger partial charge in [-0.05, 0) is 93.3 Å². The molecule has 0 fully saturated rings. The Morgan fingerprint density at radius 2 is 0.843 bits per heavy atom. The van der Waals surface area contributed by atoms with E-state index in [1.807, 2.05) is 62.4 Å². The zero-order valence-electron chi connectivity index (χ0n) is 29.3. The van der Waals surface area contributed by atoms with Crippen LogP contribution in [0.2, 0.25) is 0 Å². The maximum absolute atomic E-state index is 12.2. The molecular formula is C43H38O8. The fraction of sp³-hybridized carbons (Fsp3) is 0.116. The first kappa shape index (κ1) is 38.7. The highest BCUT2D eigenvalue weighted by atomic mass is 16.6. The molecule has 258 valence electrons. The molecule has 0 aliphatic carbocycles. The molecule has 0 spiro atoms. The summed E-state index contributed by atoms with van der Waals surface area (Å²) in [7, 11) is 0. The third-order valence-corrected chi connectivity index (χ3v) is 6.50. The summed E-state index contributed by atoms with van der Waals surface area (Å²) in [5.74, 6) is 4.51. The Bertz CT molecular complexity index is 2070. The molecule has 0 unspecified atom stereocenters. The third-order valence-electron chi connectivity index (χ3n) is 6.50. The van der Waals surface area contributed by atoms with Gasteiger partial charge in [-0.3, -0.25) is 4.79 Å². The Morgan fingerprint density at radius 3 is 1.31 bits per heavy atom. The van der Waals surface area contributed by atoms with Gasteiger partial charge in [0, 0.05) is 33.9 Å². The average Bonchev–Trinajstić information content (AvgIpc) is 3.09. The van der Waals surface area contributed by atoms with E-state index in [0.717, 1.165) is 27.8 Å². The van der Waals surface area contributed by atoms with Crippen molar-refractivity contribution in [2.45, 2.75) is 34.6 Å². The molecule has 4 aromatic rings. The van der Waals surface area contributed by atoms with Gasteiger partial charge in [0.1, 0.15) is 0 Å². The number of hydrogen-bond acceptors (Lipinski definition) is 8. The molecule has 0 aromatic heterocycles. The van der Waals surface area contributed by atoms with E-state index in [1.165, 1.54) is 38.5 Å². The van der Waals surface area contributed by atoms with Crippen LogP contribution in [-0.2, 0) is 19.2 Å². The van der Waals surface area contributed by atoms with Gasteiger partial charge in [0.05, 0.1) is 0 Å². The largest absolute Gasteiger partial charge is 0.425 e. The van der Waals surface area contributed by atoms with Crippen molar-refractivity contribution >= 4 is 24.4 Å². The predicted octanol–water partition coefficient (Wildman–Crippen LogP) is 8.98. The van der Waals surface area contributed by atoms with Crippen molar-refractivity contribution < 1.29 is 38.1 Å². The zero-order chi connectivity index (χ0) is 37.7. The summed E-state index contributed by atoms with van der Waals surface area (Å²) in [4.78, 5) is 47.2. The molecule has 4 rings (SSSR count). The maximum atomic E-state index is 12.2. The lowest BCUT2D eigenvalue weighted by Crippen LogP contribution is -2.12. The number of rotatable bonds is 10. The van der Waals surface area contributed by atoms with Crippen LogP contribution in [0, 0.1) is 11.8 Å². The minimum Gasteiger partial charge on any atom is -0.425 e. The first-order valence-corrected chi connectivity index (χ1v) is 15.5. The monoisotopic (exact) mass is 682 g/mol. The Labute approximate surface area is 298 Å². The summed E-state index contributed by atoms with van der Waals surface area (Å²) in [6, 6.07) is 25.0. The van der Waals surface area contributed by atoms with Crippen LogP contribution in [0.4, 0.5) is 0 Å². The summed E-state index contributed by atoms with van der Waals surface area (Å²) < 4.78 is 21.0. The number of esters is 3. The van der Waals surface area contributed by atoms with Gasteiger partial charge in [-0.25, -0.2) is 14.4 Å². The first-order valence-electron chi connectivity index (χ1n) is 15.5. The van der Waals surface area contributed by atoms with Crippen LogP contribution in [-0.4, -0.2) is 24.4 Å². The summed E-state index contributed by atoms with van der Waals surface area (Å²) in [6.07, 6.45) is 0. The van der Waals surface area contributed by atoms with Gasteiger partial charge in [0.25, 0.3) is 6.47 Å². The third kappa shape index (κ3) is 11.7. The summed E-state index contributed by atoms with van der Waals surface area (Å²) in [5.41, 5.74) is 6.60. The van der Waals surface area contributed by atoms with Gasteiger partial charge in [0.15, 0.2) is 23.0 Å². The number of allylic oxidation sites excluding steroid dienone is 1. The number of ether oxygens (including phenoxy) is 4. The van der Waals surface area contributed by atoms with Crippen LogP contribution in [0.3, 0.4) is 0 Å².